The maximum Gasteiger partial charge on any atom is 0.224 e. The monoisotopic (exact) mass is 364 g/mol. The molecule has 0 aliphatic heterocycles. The molecule has 0 atom stereocenters. The SMILES string of the molecule is CSc1nc(N)nc(-c2cc(-c3ncccn3)c(Cl)cc2Cl)n1. The summed E-state index contributed by atoms with van der Waals surface area (Å²) in [7, 11) is 0. The third kappa shape index (κ3) is 3.36. The van der Waals surface area contributed by atoms with Crippen LogP contribution in [-0.2, 0) is 0 Å². The van der Waals surface area contributed by atoms with E-state index in [-0.39, 0.29) is 5.95 Å². The van der Waals surface area contributed by atoms with E-state index < -0.39 is 0 Å². The maximum atomic E-state index is 6.30. The van der Waals surface area contributed by atoms with E-state index in [0.29, 0.717) is 38.0 Å². The van der Waals surface area contributed by atoms with E-state index in [1.807, 2.05) is 6.26 Å². The number of anilines is 1. The van der Waals surface area contributed by atoms with Gasteiger partial charge in [-0.25, -0.2) is 15.0 Å². The minimum Gasteiger partial charge on any atom is -0.368 e. The van der Waals surface area contributed by atoms with Crippen LogP contribution in [0.5, 0.6) is 0 Å². The van der Waals surface area contributed by atoms with Crippen molar-refractivity contribution in [2.75, 3.05) is 12.0 Å². The zero-order chi connectivity index (χ0) is 16.4. The molecule has 23 heavy (non-hydrogen) atoms. The van der Waals surface area contributed by atoms with Crippen LogP contribution in [0, 0.1) is 0 Å². The molecule has 3 rings (SSSR count). The van der Waals surface area contributed by atoms with Gasteiger partial charge in [-0.15, -0.1) is 0 Å². The number of nitrogens with two attached hydrogens (primary N) is 1. The van der Waals surface area contributed by atoms with E-state index in [1.165, 1.54) is 11.8 Å². The summed E-state index contributed by atoms with van der Waals surface area (Å²) in [5.74, 6) is 0.992. The first-order valence-corrected chi connectivity index (χ1v) is 8.39. The Kier molecular flexibility index (Phi) is 4.61. The number of nitrogens with zero attached hydrogens (tertiary/aromatic N) is 5. The average Bonchev–Trinajstić information content (AvgIpc) is 2.55. The van der Waals surface area contributed by atoms with Crippen molar-refractivity contribution in [2.24, 2.45) is 0 Å². The molecular formula is C14H10Cl2N6S. The molecule has 2 heterocycles. The van der Waals surface area contributed by atoms with Crippen LogP contribution in [0.25, 0.3) is 22.8 Å². The van der Waals surface area contributed by atoms with E-state index in [4.69, 9.17) is 28.9 Å². The van der Waals surface area contributed by atoms with Crippen LogP contribution < -0.4 is 5.73 Å². The van der Waals surface area contributed by atoms with Crippen molar-refractivity contribution < 1.29 is 0 Å². The zero-order valence-electron chi connectivity index (χ0n) is 11.9. The van der Waals surface area contributed by atoms with Gasteiger partial charge in [-0.05, 0) is 24.5 Å². The molecule has 6 nitrogen and oxygen atoms in total. The van der Waals surface area contributed by atoms with Crippen LogP contribution in [0.1, 0.15) is 0 Å². The van der Waals surface area contributed by atoms with Crippen molar-refractivity contribution in [1.29, 1.82) is 0 Å². The second kappa shape index (κ2) is 6.66. The van der Waals surface area contributed by atoms with E-state index in [1.54, 1.807) is 30.6 Å². The van der Waals surface area contributed by atoms with Gasteiger partial charge in [-0.3, -0.25) is 0 Å². The van der Waals surface area contributed by atoms with Gasteiger partial charge in [0.15, 0.2) is 16.8 Å². The summed E-state index contributed by atoms with van der Waals surface area (Å²) < 4.78 is 0. The molecule has 0 aliphatic carbocycles. The Balaban J connectivity index is 2.19. The van der Waals surface area contributed by atoms with Gasteiger partial charge in [-0.2, -0.15) is 9.97 Å². The predicted molar refractivity (Wildman–Crippen MR) is 92.5 cm³/mol. The van der Waals surface area contributed by atoms with E-state index in [9.17, 15) is 0 Å². The molecule has 0 aliphatic rings. The average molecular weight is 365 g/mol. The highest BCUT2D eigenvalue weighted by atomic mass is 35.5. The first kappa shape index (κ1) is 15.9. The van der Waals surface area contributed by atoms with Crippen molar-refractivity contribution in [1.82, 2.24) is 24.9 Å². The smallest absolute Gasteiger partial charge is 0.224 e. The zero-order valence-corrected chi connectivity index (χ0v) is 14.2. The number of aromatic nitrogens is 5. The Hall–Kier alpha value is -1.96. The summed E-state index contributed by atoms with van der Waals surface area (Å²) in [6.07, 6.45) is 5.13. The van der Waals surface area contributed by atoms with Gasteiger partial charge >= 0.3 is 0 Å². The standard InChI is InChI=1S/C14H10Cl2N6S/c1-23-14-21-12(20-13(17)22-14)8-5-7(9(15)6-10(8)16)11-18-3-2-4-19-11/h2-6H,1H3,(H2,17,20,21,22). The molecule has 116 valence electrons. The molecule has 0 radical (unpaired) electrons. The number of benzene rings is 1. The van der Waals surface area contributed by atoms with Crippen LogP contribution in [0.4, 0.5) is 5.95 Å². The van der Waals surface area contributed by atoms with Gasteiger partial charge in [0.2, 0.25) is 5.95 Å². The van der Waals surface area contributed by atoms with Crippen molar-refractivity contribution in [3.05, 3.63) is 40.6 Å². The number of thioether (sulfide) groups is 1. The van der Waals surface area contributed by atoms with Crippen molar-refractivity contribution in [3.8, 4) is 22.8 Å². The highest BCUT2D eigenvalue weighted by Crippen LogP contribution is 2.35. The Morgan fingerprint density at radius 1 is 0.913 bits per heavy atom. The Bertz CT molecular complexity index is 859. The fraction of sp³-hybridized carbons (Fsp3) is 0.0714. The lowest BCUT2D eigenvalue weighted by Crippen LogP contribution is -2.02. The number of hydrogen-bond acceptors (Lipinski definition) is 7. The lowest BCUT2D eigenvalue weighted by Gasteiger charge is -2.09. The predicted octanol–water partition coefficient (Wildman–Crippen LogP) is 3.61. The number of nitrogen functional groups attached to an aromatic ring is 1. The van der Waals surface area contributed by atoms with Crippen LogP contribution >= 0.6 is 35.0 Å². The van der Waals surface area contributed by atoms with Crippen LogP contribution in [0.3, 0.4) is 0 Å². The molecule has 0 unspecified atom stereocenters. The topological polar surface area (TPSA) is 90.5 Å². The molecule has 0 fully saturated rings. The Morgan fingerprint density at radius 2 is 1.57 bits per heavy atom. The van der Waals surface area contributed by atoms with E-state index >= 15 is 0 Å². The second-order valence-corrected chi connectivity index (χ2v) is 5.98. The lowest BCUT2D eigenvalue weighted by molar-refractivity contribution is 0.927. The summed E-state index contributed by atoms with van der Waals surface area (Å²) in [4.78, 5) is 20.9. The molecule has 0 saturated carbocycles. The molecule has 0 saturated heterocycles. The highest BCUT2D eigenvalue weighted by Gasteiger charge is 2.15. The summed E-state index contributed by atoms with van der Waals surface area (Å²) in [6, 6.07) is 5.09. The number of hydrogen-bond donors (Lipinski definition) is 1. The second-order valence-electron chi connectivity index (χ2n) is 4.39. The first-order chi connectivity index (χ1) is 11.1. The molecule has 2 aromatic heterocycles. The lowest BCUT2D eigenvalue weighted by atomic mass is 10.1. The van der Waals surface area contributed by atoms with Gasteiger partial charge in [-0.1, -0.05) is 35.0 Å². The first-order valence-electron chi connectivity index (χ1n) is 6.41. The normalized spacial score (nSPS) is 10.7. The van der Waals surface area contributed by atoms with Gasteiger partial charge in [0.05, 0.1) is 10.0 Å². The van der Waals surface area contributed by atoms with Gasteiger partial charge in [0, 0.05) is 23.5 Å². The third-order valence-corrected chi connectivity index (χ3v) is 4.09. The minimum atomic E-state index is 0.128. The van der Waals surface area contributed by atoms with Gasteiger partial charge in [0.1, 0.15) is 0 Å². The maximum absolute atomic E-state index is 6.30. The summed E-state index contributed by atoms with van der Waals surface area (Å²) in [6.45, 7) is 0. The third-order valence-electron chi connectivity index (χ3n) is 2.92. The molecule has 0 amide bonds. The van der Waals surface area contributed by atoms with Crippen molar-refractivity contribution >= 4 is 40.9 Å². The molecular weight excluding hydrogens is 355 g/mol. The fourth-order valence-electron chi connectivity index (χ4n) is 1.91. The van der Waals surface area contributed by atoms with Crippen LogP contribution in [0.15, 0.2) is 35.7 Å². The molecule has 0 spiro atoms. The largest absolute Gasteiger partial charge is 0.368 e. The molecule has 0 bridgehead atoms. The Morgan fingerprint density at radius 3 is 2.22 bits per heavy atom. The van der Waals surface area contributed by atoms with E-state index in [0.717, 1.165) is 0 Å². The van der Waals surface area contributed by atoms with Crippen LogP contribution in [0.2, 0.25) is 10.0 Å². The highest BCUT2D eigenvalue weighted by molar-refractivity contribution is 7.98. The van der Waals surface area contributed by atoms with Crippen molar-refractivity contribution in [2.45, 2.75) is 5.16 Å². The van der Waals surface area contributed by atoms with E-state index in [2.05, 4.69) is 24.9 Å². The molecule has 9 heteroatoms. The summed E-state index contributed by atoms with van der Waals surface area (Å²) in [5, 5.41) is 1.36. The molecule has 2 N–H and O–H groups in total. The molecule has 1 aromatic carbocycles. The summed E-state index contributed by atoms with van der Waals surface area (Å²) >= 11 is 13.9. The summed E-state index contributed by atoms with van der Waals surface area (Å²) in [5.41, 5.74) is 6.95. The van der Waals surface area contributed by atoms with Gasteiger partial charge < -0.3 is 5.73 Å². The van der Waals surface area contributed by atoms with Crippen LogP contribution in [-0.4, -0.2) is 31.2 Å². The van der Waals surface area contributed by atoms with Crippen molar-refractivity contribution in [3.63, 3.8) is 0 Å². The number of rotatable bonds is 3. The quantitative estimate of drug-likeness (QED) is 0.709. The number of halogens is 2. The fourth-order valence-corrected chi connectivity index (χ4v) is 2.83. The Labute approximate surface area is 146 Å². The minimum absolute atomic E-state index is 0.128. The molecule has 3 aromatic rings. The van der Waals surface area contributed by atoms with Gasteiger partial charge in [0.25, 0.3) is 0 Å².